The zero-order chi connectivity index (χ0) is 20.9. The Bertz CT molecular complexity index is 955. The van der Waals surface area contributed by atoms with Crippen molar-refractivity contribution in [3.8, 4) is 5.75 Å². The monoisotopic (exact) mass is 404 g/mol. The van der Waals surface area contributed by atoms with Gasteiger partial charge in [-0.15, -0.1) is 0 Å². The first-order valence-electron chi connectivity index (χ1n) is 10.1. The Labute approximate surface area is 177 Å². The van der Waals surface area contributed by atoms with Gasteiger partial charge in [0.05, 0.1) is 7.11 Å². The molecular weight excluding hydrogens is 376 g/mol. The van der Waals surface area contributed by atoms with Crippen molar-refractivity contribution in [3.05, 3.63) is 66.5 Å². The van der Waals surface area contributed by atoms with E-state index in [1.807, 2.05) is 37.4 Å². The molecule has 1 fully saturated rings. The van der Waals surface area contributed by atoms with Crippen LogP contribution in [0.2, 0.25) is 0 Å². The molecule has 2 aromatic carbocycles. The van der Waals surface area contributed by atoms with Crippen molar-refractivity contribution < 1.29 is 4.74 Å². The first-order chi connectivity index (χ1) is 14.7. The number of rotatable bonds is 6. The van der Waals surface area contributed by atoms with Crippen LogP contribution in [0.1, 0.15) is 5.56 Å². The topological polar surface area (TPSA) is 70.8 Å². The quantitative estimate of drug-likeness (QED) is 0.677. The van der Waals surface area contributed by atoms with E-state index < -0.39 is 0 Å². The summed E-state index contributed by atoms with van der Waals surface area (Å²) in [4.78, 5) is 15.6. The summed E-state index contributed by atoms with van der Waals surface area (Å²) in [6.07, 6.45) is 1.61. The third-order valence-electron chi connectivity index (χ3n) is 5.48. The SMILES string of the molecule is COc1ccc(N2CCN(c3ncnc(N(C)Cc4ccccc4)c3N)CC2)cc1. The van der Waals surface area contributed by atoms with E-state index in [1.54, 1.807) is 13.4 Å². The number of hydrogen-bond donors (Lipinski definition) is 1. The number of nitrogens with two attached hydrogens (primary N) is 1. The second-order valence-electron chi connectivity index (χ2n) is 7.45. The lowest BCUT2D eigenvalue weighted by molar-refractivity contribution is 0.415. The van der Waals surface area contributed by atoms with E-state index in [9.17, 15) is 0 Å². The lowest BCUT2D eigenvalue weighted by Crippen LogP contribution is -2.47. The standard InChI is InChI=1S/C23H28N6O/c1-27(16-18-6-4-3-5-7-18)22-21(24)23(26-17-25-22)29-14-12-28(13-15-29)19-8-10-20(30-2)11-9-19/h3-11,17H,12-16,24H2,1-2H3. The Morgan fingerprint density at radius 3 is 2.27 bits per heavy atom. The van der Waals surface area contributed by atoms with Gasteiger partial charge in [-0.1, -0.05) is 30.3 Å². The number of nitrogen functional groups attached to an aromatic ring is 1. The summed E-state index contributed by atoms with van der Waals surface area (Å²) in [5.41, 5.74) is 9.56. The lowest BCUT2D eigenvalue weighted by Gasteiger charge is -2.37. The van der Waals surface area contributed by atoms with E-state index in [0.717, 1.165) is 50.1 Å². The smallest absolute Gasteiger partial charge is 0.157 e. The zero-order valence-corrected chi connectivity index (χ0v) is 17.5. The Morgan fingerprint density at radius 1 is 0.933 bits per heavy atom. The molecule has 1 saturated heterocycles. The highest BCUT2D eigenvalue weighted by molar-refractivity contribution is 5.76. The number of piperazine rings is 1. The molecule has 1 aliphatic rings. The molecule has 156 valence electrons. The summed E-state index contributed by atoms with van der Waals surface area (Å²) in [5.74, 6) is 2.45. The van der Waals surface area contributed by atoms with E-state index in [1.165, 1.54) is 11.3 Å². The van der Waals surface area contributed by atoms with Gasteiger partial charge in [-0.3, -0.25) is 0 Å². The highest BCUT2D eigenvalue weighted by Crippen LogP contribution is 2.30. The minimum absolute atomic E-state index is 0.633. The predicted molar refractivity (Wildman–Crippen MR) is 122 cm³/mol. The summed E-state index contributed by atoms with van der Waals surface area (Å²) < 4.78 is 5.25. The van der Waals surface area contributed by atoms with Crippen LogP contribution in [0.5, 0.6) is 5.75 Å². The lowest BCUT2D eigenvalue weighted by atomic mass is 10.2. The van der Waals surface area contributed by atoms with Crippen LogP contribution in [0.15, 0.2) is 60.9 Å². The van der Waals surface area contributed by atoms with Crippen molar-refractivity contribution in [1.29, 1.82) is 0 Å². The molecule has 0 bridgehead atoms. The van der Waals surface area contributed by atoms with Gasteiger partial charge in [0.15, 0.2) is 11.6 Å². The number of benzene rings is 2. The molecule has 3 aromatic rings. The molecule has 1 aromatic heterocycles. The molecule has 2 N–H and O–H groups in total. The van der Waals surface area contributed by atoms with Crippen molar-refractivity contribution in [1.82, 2.24) is 9.97 Å². The number of ether oxygens (including phenoxy) is 1. The number of nitrogens with zero attached hydrogens (tertiary/aromatic N) is 5. The van der Waals surface area contributed by atoms with Gasteiger partial charge in [-0.25, -0.2) is 9.97 Å². The summed E-state index contributed by atoms with van der Waals surface area (Å²) in [6.45, 7) is 4.27. The first-order valence-corrected chi connectivity index (χ1v) is 10.1. The summed E-state index contributed by atoms with van der Waals surface area (Å²) >= 11 is 0. The van der Waals surface area contributed by atoms with Crippen LogP contribution in [-0.4, -0.2) is 50.3 Å². The number of methoxy groups -OCH3 is 1. The van der Waals surface area contributed by atoms with Gasteiger partial charge < -0.3 is 25.2 Å². The molecule has 0 spiro atoms. The van der Waals surface area contributed by atoms with E-state index in [-0.39, 0.29) is 0 Å². The number of hydrogen-bond acceptors (Lipinski definition) is 7. The highest BCUT2D eigenvalue weighted by atomic mass is 16.5. The van der Waals surface area contributed by atoms with Crippen molar-refractivity contribution in [2.24, 2.45) is 0 Å². The van der Waals surface area contributed by atoms with Gasteiger partial charge in [0.2, 0.25) is 0 Å². The molecule has 0 aliphatic carbocycles. The minimum atomic E-state index is 0.633. The van der Waals surface area contributed by atoms with Crippen LogP contribution < -0.4 is 25.2 Å². The van der Waals surface area contributed by atoms with E-state index in [0.29, 0.717) is 5.69 Å². The molecule has 0 atom stereocenters. The Balaban J connectivity index is 1.44. The maximum absolute atomic E-state index is 6.51. The molecule has 30 heavy (non-hydrogen) atoms. The largest absolute Gasteiger partial charge is 0.497 e. The van der Waals surface area contributed by atoms with Crippen molar-refractivity contribution in [2.75, 3.05) is 60.8 Å². The van der Waals surface area contributed by atoms with Gasteiger partial charge in [0, 0.05) is 45.5 Å². The van der Waals surface area contributed by atoms with E-state index in [2.05, 4.69) is 48.9 Å². The van der Waals surface area contributed by atoms with Crippen LogP contribution in [0.4, 0.5) is 23.0 Å². The molecule has 4 rings (SSSR count). The van der Waals surface area contributed by atoms with Crippen LogP contribution >= 0.6 is 0 Å². The molecule has 7 heteroatoms. The summed E-state index contributed by atoms with van der Waals surface area (Å²) in [6, 6.07) is 18.5. The maximum Gasteiger partial charge on any atom is 0.157 e. The maximum atomic E-state index is 6.51. The molecule has 0 amide bonds. The highest BCUT2D eigenvalue weighted by Gasteiger charge is 2.22. The third-order valence-corrected chi connectivity index (χ3v) is 5.48. The van der Waals surface area contributed by atoms with Gasteiger partial charge in [-0.2, -0.15) is 0 Å². The van der Waals surface area contributed by atoms with Gasteiger partial charge >= 0.3 is 0 Å². The van der Waals surface area contributed by atoms with E-state index >= 15 is 0 Å². The molecule has 1 aliphatic heterocycles. The van der Waals surface area contributed by atoms with Crippen LogP contribution in [0.3, 0.4) is 0 Å². The van der Waals surface area contributed by atoms with Crippen LogP contribution in [0.25, 0.3) is 0 Å². The fourth-order valence-corrected chi connectivity index (χ4v) is 3.84. The van der Waals surface area contributed by atoms with Gasteiger partial charge in [0.1, 0.15) is 17.8 Å². The molecule has 0 saturated carbocycles. The molecule has 0 radical (unpaired) electrons. The van der Waals surface area contributed by atoms with Gasteiger partial charge in [0.25, 0.3) is 0 Å². The van der Waals surface area contributed by atoms with Crippen LogP contribution in [0, 0.1) is 0 Å². The average molecular weight is 405 g/mol. The minimum Gasteiger partial charge on any atom is -0.497 e. The van der Waals surface area contributed by atoms with Crippen molar-refractivity contribution >= 4 is 23.0 Å². The fraction of sp³-hybridized carbons (Fsp3) is 0.304. The van der Waals surface area contributed by atoms with Crippen molar-refractivity contribution in [3.63, 3.8) is 0 Å². The fourth-order valence-electron chi connectivity index (χ4n) is 3.84. The van der Waals surface area contributed by atoms with E-state index in [4.69, 9.17) is 10.5 Å². The third kappa shape index (κ3) is 4.25. The Morgan fingerprint density at radius 2 is 1.60 bits per heavy atom. The van der Waals surface area contributed by atoms with Gasteiger partial charge in [-0.05, 0) is 29.8 Å². The second-order valence-corrected chi connectivity index (χ2v) is 7.45. The van der Waals surface area contributed by atoms with Crippen molar-refractivity contribution in [2.45, 2.75) is 6.54 Å². The normalized spacial score (nSPS) is 13.9. The Hall–Kier alpha value is -3.48. The molecular formula is C23H28N6O. The predicted octanol–water partition coefficient (Wildman–Crippen LogP) is 3.03. The van der Waals surface area contributed by atoms with Crippen LogP contribution in [-0.2, 0) is 6.54 Å². The number of aromatic nitrogens is 2. The Kier molecular flexibility index (Phi) is 5.88. The summed E-state index contributed by atoms with van der Waals surface area (Å²) in [7, 11) is 3.70. The zero-order valence-electron chi connectivity index (χ0n) is 17.5. The molecule has 7 nitrogen and oxygen atoms in total. The molecule has 2 heterocycles. The number of anilines is 4. The average Bonchev–Trinajstić information content (AvgIpc) is 2.80. The second kappa shape index (κ2) is 8.90. The molecule has 0 unspecified atom stereocenters. The summed E-state index contributed by atoms with van der Waals surface area (Å²) in [5, 5.41) is 0. The first kappa shape index (κ1) is 19.8.